The van der Waals surface area contributed by atoms with Crippen LogP contribution >= 0.6 is 0 Å². The van der Waals surface area contributed by atoms with Crippen molar-refractivity contribution in [1.82, 2.24) is 18.7 Å². The van der Waals surface area contributed by atoms with Crippen LogP contribution in [0.1, 0.15) is 83.1 Å². The van der Waals surface area contributed by atoms with Crippen molar-refractivity contribution in [2.45, 2.75) is 78.6 Å². The van der Waals surface area contributed by atoms with E-state index >= 15 is 0 Å². The molecule has 0 aliphatic rings. The first-order chi connectivity index (χ1) is 23.8. The maximum Gasteiger partial charge on any atom is 0.188 e. The van der Waals surface area contributed by atoms with Crippen LogP contribution in [0.25, 0.3) is 44.3 Å². The molecule has 0 amide bonds. The van der Waals surface area contributed by atoms with Crippen LogP contribution in [0.5, 0.6) is 11.5 Å². The first-order valence-corrected chi connectivity index (χ1v) is 16.6. The second-order valence-corrected chi connectivity index (χ2v) is 15.8. The summed E-state index contributed by atoms with van der Waals surface area (Å²) in [5.41, 5.74) is 7.11. The molecule has 0 aliphatic carbocycles. The quantitative estimate of drug-likeness (QED) is 0.166. The van der Waals surface area contributed by atoms with Crippen molar-refractivity contribution in [3.8, 4) is 23.0 Å². The fourth-order valence-electron chi connectivity index (χ4n) is 6.47. The summed E-state index contributed by atoms with van der Waals surface area (Å²) in [6.45, 7) is 17.5. The van der Waals surface area contributed by atoms with Gasteiger partial charge in [-0.25, -0.2) is 14.1 Å². The van der Waals surface area contributed by atoms with Crippen molar-refractivity contribution in [3.63, 3.8) is 0 Å². The van der Waals surface area contributed by atoms with Crippen LogP contribution in [0.2, 0.25) is 0 Å². The number of nitrogens with zero attached hydrogens (tertiary/aromatic N) is 4. The van der Waals surface area contributed by atoms with Gasteiger partial charge < -0.3 is 9.30 Å². The predicted octanol–water partition coefficient (Wildman–Crippen LogP) is 11.0. The van der Waals surface area contributed by atoms with Gasteiger partial charge >= 0.3 is 0 Å². The summed E-state index contributed by atoms with van der Waals surface area (Å²) < 4.78 is 36.6. The molecule has 0 bridgehead atoms. The maximum atomic E-state index is 8.18. The van der Waals surface area contributed by atoms with E-state index in [-0.39, 0.29) is 37.3 Å². The van der Waals surface area contributed by atoms with E-state index in [9.17, 15) is 0 Å². The summed E-state index contributed by atoms with van der Waals surface area (Å²) in [4.78, 5) is 4.88. The van der Waals surface area contributed by atoms with Gasteiger partial charge in [-0.2, -0.15) is 6.07 Å². The van der Waals surface area contributed by atoms with E-state index < -0.39 is 6.98 Å². The minimum absolute atomic E-state index is 0. The Bertz CT molecular complexity index is 2450. The number of hydrogen-bond donors (Lipinski definition) is 0. The number of ether oxygens (including phenoxy) is 1. The van der Waals surface area contributed by atoms with Crippen LogP contribution in [0.15, 0.2) is 91.4 Å². The molecule has 0 unspecified atom stereocenters. The zero-order valence-corrected chi connectivity index (χ0v) is 31.9. The van der Waals surface area contributed by atoms with Crippen molar-refractivity contribution in [1.29, 1.82) is 0 Å². The van der Waals surface area contributed by atoms with Crippen LogP contribution in [0, 0.1) is 12.1 Å². The van der Waals surface area contributed by atoms with Crippen molar-refractivity contribution in [3.05, 3.63) is 120 Å². The molecule has 0 spiro atoms. The molecule has 0 aliphatic heterocycles. The van der Waals surface area contributed by atoms with Crippen LogP contribution in [0.3, 0.4) is 0 Å². The first kappa shape index (κ1) is 30.8. The van der Waals surface area contributed by atoms with E-state index in [1.807, 2.05) is 47.2 Å². The average molecular weight is 832 g/mol. The molecule has 4 aromatic carbocycles. The number of pyridine rings is 1. The number of rotatable bonds is 4. The van der Waals surface area contributed by atoms with Crippen LogP contribution in [-0.4, -0.2) is 18.7 Å². The number of benzene rings is 4. The number of hydrogen-bond acceptors (Lipinski definition) is 2. The molecule has 6 heteroatoms. The van der Waals surface area contributed by atoms with Crippen LogP contribution in [0.4, 0.5) is 0 Å². The minimum atomic E-state index is -2.34. The molecule has 49 heavy (non-hydrogen) atoms. The molecule has 0 N–H and O–H groups in total. The second kappa shape index (κ2) is 12.3. The molecule has 0 saturated heterocycles. The summed E-state index contributed by atoms with van der Waals surface area (Å²) in [6.07, 6.45) is 3.51. The standard InChI is InChI=1S/C43H45N4O.Pt/c1-41(2,3)28-20-21-44-39(24-28)47-37-17-13-14-34(43(7,8)9)40(37)33-19-18-31(26-38(33)47)48-32-23-29(42(4,5)6)22-30(25-32)46-27-45(10)35-15-11-12-16-36(35)46;/h11-24,27H,1-10H3;/q-1;/i10D3;. The van der Waals surface area contributed by atoms with E-state index in [1.165, 1.54) is 21.1 Å². The van der Waals surface area contributed by atoms with E-state index in [0.29, 0.717) is 22.7 Å². The molecule has 5 nitrogen and oxygen atoms in total. The Balaban J connectivity index is 0.00000464. The van der Waals surface area contributed by atoms with E-state index in [1.54, 1.807) is 6.33 Å². The number of aromatic nitrogens is 4. The van der Waals surface area contributed by atoms with Gasteiger partial charge in [0.05, 0.1) is 0 Å². The van der Waals surface area contributed by atoms with E-state index in [4.69, 9.17) is 13.8 Å². The van der Waals surface area contributed by atoms with Crippen LogP contribution in [-0.2, 0) is 44.3 Å². The third-order valence-corrected chi connectivity index (χ3v) is 9.13. The van der Waals surface area contributed by atoms with Crippen molar-refractivity contribution < 1.29 is 29.9 Å². The fraction of sp³-hybridized carbons (Fsp3) is 0.302. The average Bonchev–Trinajstić information content (AvgIpc) is 3.60. The van der Waals surface area contributed by atoms with Crippen molar-refractivity contribution in [2.24, 2.45) is 6.98 Å². The monoisotopic (exact) mass is 831 g/mol. The number of fused-ring (bicyclic) bond motifs is 4. The van der Waals surface area contributed by atoms with Crippen molar-refractivity contribution >= 4 is 32.8 Å². The molecule has 0 atom stereocenters. The number of para-hydroxylation sites is 2. The molecular weight excluding hydrogens is 784 g/mol. The van der Waals surface area contributed by atoms with Gasteiger partial charge in [0.15, 0.2) is 17.4 Å². The second-order valence-electron chi connectivity index (χ2n) is 15.8. The maximum absolute atomic E-state index is 8.18. The summed E-state index contributed by atoms with van der Waals surface area (Å²) >= 11 is 0. The zero-order valence-electron chi connectivity index (χ0n) is 32.7. The van der Waals surface area contributed by atoms with E-state index in [0.717, 1.165) is 33.3 Å². The molecular formula is C43H45N4OPt-. The Hall–Kier alpha value is -4.21. The van der Waals surface area contributed by atoms with Gasteiger partial charge in [-0.15, -0.1) is 29.1 Å². The summed E-state index contributed by atoms with van der Waals surface area (Å²) in [6, 6.07) is 33.5. The molecule has 7 aromatic rings. The molecule has 3 aromatic heterocycles. The predicted molar refractivity (Wildman–Crippen MR) is 199 cm³/mol. The summed E-state index contributed by atoms with van der Waals surface area (Å²) in [7, 11) is 0. The Morgan fingerprint density at radius 2 is 1.43 bits per heavy atom. The topological polar surface area (TPSA) is 36.9 Å². The van der Waals surface area contributed by atoms with E-state index in [2.05, 4.69) is 121 Å². The molecule has 7 rings (SSSR count). The third-order valence-electron chi connectivity index (χ3n) is 9.13. The van der Waals surface area contributed by atoms with Gasteiger partial charge in [-0.05, 0) is 63.1 Å². The Morgan fingerprint density at radius 3 is 2.12 bits per heavy atom. The summed E-state index contributed by atoms with van der Waals surface area (Å²) in [5, 5.41) is 2.25. The minimum Gasteiger partial charge on any atom is -0.508 e. The first-order valence-electron chi connectivity index (χ1n) is 18.1. The van der Waals surface area contributed by atoms with Gasteiger partial charge in [-0.3, -0.25) is 0 Å². The van der Waals surface area contributed by atoms with Gasteiger partial charge in [0, 0.05) is 73.2 Å². The Kier molecular flexibility index (Phi) is 7.73. The molecule has 0 saturated carbocycles. The van der Waals surface area contributed by atoms with Gasteiger partial charge in [0.25, 0.3) is 0 Å². The SMILES string of the molecule is [2H]C([2H])([2H])n1[cH+]n(-c2[c-]c(Oc3[c-]c4c(cc3)c3c(C(C)(C)C)cccc3n4-c3cc(C(C)(C)C)ccn3)cc(C(C)(C)C)c2)c2ccccc21.[Pt]. The Morgan fingerprint density at radius 1 is 0.714 bits per heavy atom. The Labute approximate surface area is 309 Å². The van der Waals surface area contributed by atoms with Crippen molar-refractivity contribution in [2.75, 3.05) is 0 Å². The molecule has 0 fully saturated rings. The van der Waals surface area contributed by atoms with Gasteiger partial charge in [0.2, 0.25) is 0 Å². The largest absolute Gasteiger partial charge is 0.508 e. The van der Waals surface area contributed by atoms with Gasteiger partial charge in [0.1, 0.15) is 5.82 Å². The van der Waals surface area contributed by atoms with Gasteiger partial charge in [-0.1, -0.05) is 92.1 Å². The molecule has 0 radical (unpaired) electrons. The normalized spacial score (nSPS) is 13.7. The zero-order chi connectivity index (χ0) is 36.7. The number of aryl methyl sites for hydroxylation is 1. The fourth-order valence-corrected chi connectivity index (χ4v) is 6.47. The molecule has 254 valence electrons. The third kappa shape index (κ3) is 6.34. The number of imidazole rings is 1. The molecule has 3 heterocycles. The summed E-state index contributed by atoms with van der Waals surface area (Å²) in [5.74, 6) is 1.88. The van der Waals surface area contributed by atoms with Crippen LogP contribution < -0.4 is 4.74 Å². The smallest absolute Gasteiger partial charge is 0.188 e.